The third-order valence-electron chi connectivity index (χ3n) is 2.54. The van der Waals surface area contributed by atoms with Crippen LogP contribution in [0.1, 0.15) is 23.8 Å². The number of carbonyl (C=O) groups excluding carboxylic acids is 1. The Morgan fingerprint density at radius 1 is 1.67 bits per heavy atom. The first-order valence-electron chi connectivity index (χ1n) is 5.80. The number of hydrogen-bond donors (Lipinski definition) is 3. The summed E-state index contributed by atoms with van der Waals surface area (Å²) in [6, 6.07) is 0. The zero-order valence-corrected chi connectivity index (χ0v) is 10.7. The molecule has 1 rings (SSSR count). The van der Waals surface area contributed by atoms with E-state index in [0.717, 1.165) is 19.5 Å². The molecule has 0 aliphatic heterocycles. The molecule has 1 unspecified atom stereocenters. The van der Waals surface area contributed by atoms with E-state index in [1.807, 2.05) is 12.5 Å². The van der Waals surface area contributed by atoms with Crippen LogP contribution in [0.3, 0.4) is 0 Å². The fraction of sp³-hybridized carbons (Fsp3) is 0.700. The van der Waals surface area contributed by atoms with Crippen molar-refractivity contribution in [2.24, 2.45) is 5.84 Å². The Bertz CT molecular complexity index is 378. The van der Waals surface area contributed by atoms with Gasteiger partial charge in [-0.1, -0.05) is 5.21 Å². The molecule has 0 aromatic carbocycles. The van der Waals surface area contributed by atoms with Crippen LogP contribution in [0.4, 0.5) is 0 Å². The van der Waals surface area contributed by atoms with Crippen LogP contribution in [0.25, 0.3) is 0 Å². The minimum atomic E-state index is -0.455. The van der Waals surface area contributed by atoms with Gasteiger partial charge in [-0.25, -0.2) is 5.84 Å². The summed E-state index contributed by atoms with van der Waals surface area (Å²) in [4.78, 5) is 13.2. The monoisotopic (exact) mass is 256 g/mol. The van der Waals surface area contributed by atoms with Gasteiger partial charge in [-0.05, 0) is 20.4 Å². The summed E-state index contributed by atoms with van der Waals surface area (Å²) in [5.41, 5.74) is 2.20. The molecule has 1 amide bonds. The maximum absolute atomic E-state index is 11.2. The molecule has 1 atom stereocenters. The minimum Gasteiger partial charge on any atom is -0.393 e. The fourth-order valence-corrected chi connectivity index (χ4v) is 1.38. The summed E-state index contributed by atoms with van der Waals surface area (Å²) < 4.78 is 1.59. The molecular weight excluding hydrogens is 236 g/mol. The first-order chi connectivity index (χ1) is 8.52. The molecule has 1 aromatic heterocycles. The highest BCUT2D eigenvalue weighted by Crippen LogP contribution is 1.96. The van der Waals surface area contributed by atoms with Crippen molar-refractivity contribution in [3.05, 3.63) is 11.9 Å². The summed E-state index contributed by atoms with van der Waals surface area (Å²) in [7, 11) is 1.97. The van der Waals surface area contributed by atoms with E-state index in [4.69, 9.17) is 10.9 Å². The van der Waals surface area contributed by atoms with Crippen molar-refractivity contribution in [1.82, 2.24) is 25.3 Å². The molecule has 18 heavy (non-hydrogen) atoms. The van der Waals surface area contributed by atoms with E-state index in [9.17, 15) is 4.79 Å². The maximum Gasteiger partial charge on any atom is 0.287 e. The number of carbonyl (C=O) groups is 1. The van der Waals surface area contributed by atoms with Crippen molar-refractivity contribution in [1.29, 1.82) is 0 Å². The number of aliphatic hydroxyl groups excluding tert-OH is 1. The number of aliphatic hydroxyl groups is 1. The standard InChI is InChI=1S/C10H20N6O2/c1-8(17)3-4-15(2)5-6-16-7-9(13-14-16)10(18)12-11/h7-8,17H,3-6,11H2,1-2H3,(H,12,18). The predicted molar refractivity (Wildman–Crippen MR) is 65.5 cm³/mol. The van der Waals surface area contributed by atoms with Crippen LogP contribution in [0.5, 0.6) is 0 Å². The van der Waals surface area contributed by atoms with Crippen molar-refractivity contribution in [3.63, 3.8) is 0 Å². The molecule has 0 aliphatic rings. The van der Waals surface area contributed by atoms with E-state index in [1.54, 1.807) is 17.8 Å². The molecule has 0 fully saturated rings. The maximum atomic E-state index is 11.2. The molecular formula is C10H20N6O2. The zero-order chi connectivity index (χ0) is 13.5. The van der Waals surface area contributed by atoms with Crippen LogP contribution < -0.4 is 11.3 Å². The number of aromatic nitrogens is 3. The van der Waals surface area contributed by atoms with Crippen LogP contribution in [0, 0.1) is 0 Å². The van der Waals surface area contributed by atoms with Crippen LogP contribution in [-0.2, 0) is 6.54 Å². The third-order valence-corrected chi connectivity index (χ3v) is 2.54. The lowest BCUT2D eigenvalue weighted by Crippen LogP contribution is -2.30. The molecule has 1 heterocycles. The number of nitrogens with one attached hydrogen (secondary N) is 1. The Hall–Kier alpha value is -1.51. The zero-order valence-electron chi connectivity index (χ0n) is 10.7. The quantitative estimate of drug-likeness (QED) is 0.314. The Kier molecular flexibility index (Phi) is 5.69. The Labute approximate surface area is 106 Å². The van der Waals surface area contributed by atoms with Crippen molar-refractivity contribution in [2.45, 2.75) is 26.0 Å². The molecule has 8 nitrogen and oxygen atoms in total. The molecule has 102 valence electrons. The van der Waals surface area contributed by atoms with Crippen molar-refractivity contribution < 1.29 is 9.90 Å². The van der Waals surface area contributed by atoms with Crippen LogP contribution in [0.2, 0.25) is 0 Å². The van der Waals surface area contributed by atoms with Gasteiger partial charge in [-0.2, -0.15) is 0 Å². The van der Waals surface area contributed by atoms with Crippen LogP contribution in [0.15, 0.2) is 6.20 Å². The lowest BCUT2D eigenvalue weighted by molar-refractivity contribution is 0.0948. The average Bonchev–Trinajstić information content (AvgIpc) is 2.81. The summed E-state index contributed by atoms with van der Waals surface area (Å²) in [6.45, 7) is 3.96. The van der Waals surface area contributed by atoms with Crippen LogP contribution >= 0.6 is 0 Å². The van der Waals surface area contributed by atoms with Gasteiger partial charge in [0.1, 0.15) is 0 Å². The molecule has 0 saturated heterocycles. The number of hydrogen-bond acceptors (Lipinski definition) is 6. The average molecular weight is 256 g/mol. The molecule has 1 aromatic rings. The molecule has 0 aliphatic carbocycles. The lowest BCUT2D eigenvalue weighted by atomic mass is 10.3. The third kappa shape index (κ3) is 4.78. The predicted octanol–water partition coefficient (Wildman–Crippen LogP) is -1.42. The van der Waals surface area contributed by atoms with E-state index < -0.39 is 5.91 Å². The van der Waals surface area contributed by atoms with Gasteiger partial charge in [0.15, 0.2) is 5.69 Å². The number of nitrogens with zero attached hydrogens (tertiary/aromatic N) is 4. The van der Waals surface area contributed by atoms with Gasteiger partial charge in [0.25, 0.3) is 5.91 Å². The highest BCUT2D eigenvalue weighted by atomic mass is 16.3. The van der Waals surface area contributed by atoms with E-state index >= 15 is 0 Å². The van der Waals surface area contributed by atoms with Crippen molar-refractivity contribution >= 4 is 5.91 Å². The van der Waals surface area contributed by atoms with Gasteiger partial charge < -0.3 is 10.0 Å². The summed E-state index contributed by atoms with van der Waals surface area (Å²) in [5.74, 6) is 4.54. The van der Waals surface area contributed by atoms with E-state index in [1.165, 1.54) is 0 Å². The number of amides is 1. The summed E-state index contributed by atoms with van der Waals surface area (Å²) in [6.07, 6.45) is 1.98. The number of rotatable bonds is 7. The molecule has 0 spiro atoms. The topological polar surface area (TPSA) is 109 Å². The van der Waals surface area contributed by atoms with Gasteiger partial charge in [-0.3, -0.25) is 14.9 Å². The molecule has 0 saturated carbocycles. The highest BCUT2D eigenvalue weighted by molar-refractivity contribution is 5.91. The Balaban J connectivity index is 2.34. The van der Waals surface area contributed by atoms with Crippen molar-refractivity contribution in [3.8, 4) is 0 Å². The number of nitrogen functional groups attached to an aromatic ring is 1. The largest absolute Gasteiger partial charge is 0.393 e. The Morgan fingerprint density at radius 2 is 2.39 bits per heavy atom. The van der Waals surface area contributed by atoms with Gasteiger partial charge in [0.2, 0.25) is 0 Å². The van der Waals surface area contributed by atoms with E-state index in [2.05, 4.69) is 15.2 Å². The normalized spacial score (nSPS) is 12.7. The van der Waals surface area contributed by atoms with Crippen LogP contribution in [-0.4, -0.2) is 57.1 Å². The second-order valence-corrected chi connectivity index (χ2v) is 4.28. The molecule has 0 radical (unpaired) electrons. The Morgan fingerprint density at radius 3 is 3.00 bits per heavy atom. The summed E-state index contributed by atoms with van der Waals surface area (Å²) in [5, 5.41) is 16.7. The fourth-order valence-electron chi connectivity index (χ4n) is 1.38. The van der Waals surface area contributed by atoms with Gasteiger partial charge in [-0.15, -0.1) is 5.10 Å². The van der Waals surface area contributed by atoms with Gasteiger partial charge in [0, 0.05) is 13.1 Å². The minimum absolute atomic E-state index is 0.198. The molecule has 8 heteroatoms. The molecule has 4 N–H and O–H groups in total. The first kappa shape index (κ1) is 14.6. The smallest absolute Gasteiger partial charge is 0.287 e. The second-order valence-electron chi connectivity index (χ2n) is 4.28. The van der Waals surface area contributed by atoms with E-state index in [0.29, 0.717) is 6.54 Å². The second kappa shape index (κ2) is 7.04. The summed E-state index contributed by atoms with van der Waals surface area (Å²) >= 11 is 0. The number of hydrazine groups is 1. The number of nitrogens with two attached hydrogens (primary N) is 1. The first-order valence-corrected chi connectivity index (χ1v) is 5.80. The van der Waals surface area contributed by atoms with E-state index in [-0.39, 0.29) is 11.8 Å². The lowest BCUT2D eigenvalue weighted by Gasteiger charge is -2.16. The molecule has 0 bridgehead atoms. The highest BCUT2D eigenvalue weighted by Gasteiger charge is 2.09. The van der Waals surface area contributed by atoms with Crippen molar-refractivity contribution in [2.75, 3.05) is 20.1 Å². The van der Waals surface area contributed by atoms with Gasteiger partial charge in [0.05, 0.1) is 18.8 Å². The van der Waals surface area contributed by atoms with Gasteiger partial charge >= 0.3 is 0 Å². The SMILES string of the molecule is CC(O)CCN(C)CCn1cc(C(=O)NN)nn1. The number of likely N-dealkylation sites (N-methyl/N-ethyl adjacent to an activating group) is 1.